The lowest BCUT2D eigenvalue weighted by Crippen LogP contribution is -2.42. The standard InChI is InChI=1S/C23H32N4O2S.HI/c1-23(2,3)26-30(28,29)21-13-9-8-12-19(21)16-25-22(24-4)27-15-14-20(17-27)18-10-6-5-7-11-18;/h5-13,20,26H,14-17H2,1-4H3,(H,24,25);1H. The van der Waals surface area contributed by atoms with Gasteiger partial charge in [0.15, 0.2) is 5.96 Å². The number of sulfonamides is 1. The molecule has 0 spiro atoms. The smallest absolute Gasteiger partial charge is 0.241 e. The first-order chi connectivity index (χ1) is 14.2. The van der Waals surface area contributed by atoms with Crippen molar-refractivity contribution in [3.05, 3.63) is 65.7 Å². The Morgan fingerprint density at radius 1 is 1.10 bits per heavy atom. The molecular weight excluding hydrogens is 523 g/mol. The first kappa shape index (κ1) is 25.6. The lowest BCUT2D eigenvalue weighted by molar-refractivity contribution is 0.483. The predicted molar refractivity (Wildman–Crippen MR) is 138 cm³/mol. The summed E-state index contributed by atoms with van der Waals surface area (Å²) in [6, 6.07) is 17.6. The molecule has 0 bridgehead atoms. The fourth-order valence-corrected chi connectivity index (χ4v) is 5.49. The molecule has 1 heterocycles. The number of hydrogen-bond donors (Lipinski definition) is 2. The minimum atomic E-state index is -3.61. The van der Waals surface area contributed by atoms with Crippen molar-refractivity contribution in [2.75, 3.05) is 20.1 Å². The van der Waals surface area contributed by atoms with E-state index in [1.54, 1.807) is 19.2 Å². The van der Waals surface area contributed by atoms with Crippen molar-refractivity contribution in [2.45, 2.75) is 50.1 Å². The maximum Gasteiger partial charge on any atom is 0.241 e. The van der Waals surface area contributed by atoms with Crippen LogP contribution in [0.25, 0.3) is 0 Å². The third-order valence-electron chi connectivity index (χ3n) is 5.11. The fourth-order valence-electron chi connectivity index (χ4n) is 3.83. The number of nitrogens with one attached hydrogen (secondary N) is 2. The number of likely N-dealkylation sites (tertiary alicyclic amines) is 1. The van der Waals surface area contributed by atoms with Gasteiger partial charge in [0.25, 0.3) is 0 Å². The molecule has 3 rings (SSSR count). The van der Waals surface area contributed by atoms with Crippen molar-refractivity contribution in [3.8, 4) is 0 Å². The van der Waals surface area contributed by atoms with Crippen LogP contribution in [0.3, 0.4) is 0 Å². The highest BCUT2D eigenvalue weighted by Crippen LogP contribution is 2.27. The first-order valence-electron chi connectivity index (χ1n) is 10.3. The highest BCUT2D eigenvalue weighted by Gasteiger charge is 2.27. The first-order valence-corrected chi connectivity index (χ1v) is 11.8. The molecule has 8 heteroatoms. The molecule has 0 aliphatic carbocycles. The van der Waals surface area contributed by atoms with Crippen LogP contribution in [0.5, 0.6) is 0 Å². The second-order valence-electron chi connectivity index (χ2n) is 8.71. The summed E-state index contributed by atoms with van der Waals surface area (Å²) in [6.45, 7) is 7.72. The molecule has 170 valence electrons. The Morgan fingerprint density at radius 2 is 1.74 bits per heavy atom. The van der Waals surface area contributed by atoms with Crippen LogP contribution in [-0.2, 0) is 16.6 Å². The molecule has 1 saturated heterocycles. The van der Waals surface area contributed by atoms with E-state index in [2.05, 4.69) is 44.2 Å². The second kappa shape index (κ2) is 10.8. The molecule has 0 saturated carbocycles. The van der Waals surface area contributed by atoms with Crippen molar-refractivity contribution >= 4 is 40.0 Å². The van der Waals surface area contributed by atoms with E-state index in [0.29, 0.717) is 22.9 Å². The van der Waals surface area contributed by atoms with Gasteiger partial charge in [-0.3, -0.25) is 4.99 Å². The van der Waals surface area contributed by atoms with E-state index in [1.807, 2.05) is 39.0 Å². The van der Waals surface area contributed by atoms with Gasteiger partial charge in [0.2, 0.25) is 10.0 Å². The van der Waals surface area contributed by atoms with Gasteiger partial charge < -0.3 is 10.2 Å². The van der Waals surface area contributed by atoms with Crippen LogP contribution in [0.4, 0.5) is 0 Å². The Kier molecular flexibility index (Phi) is 8.91. The summed E-state index contributed by atoms with van der Waals surface area (Å²) in [7, 11) is -1.84. The van der Waals surface area contributed by atoms with E-state index in [-0.39, 0.29) is 24.0 Å². The maximum atomic E-state index is 12.9. The van der Waals surface area contributed by atoms with Crippen molar-refractivity contribution in [2.24, 2.45) is 4.99 Å². The van der Waals surface area contributed by atoms with Crippen LogP contribution in [0, 0.1) is 0 Å². The number of guanidine groups is 1. The number of aliphatic imine (C=N–C) groups is 1. The van der Waals surface area contributed by atoms with Gasteiger partial charge in [-0.15, -0.1) is 24.0 Å². The van der Waals surface area contributed by atoms with Crippen LogP contribution in [0.1, 0.15) is 44.2 Å². The van der Waals surface area contributed by atoms with E-state index >= 15 is 0 Å². The molecule has 1 atom stereocenters. The summed E-state index contributed by atoms with van der Waals surface area (Å²) in [4.78, 5) is 6.97. The summed E-state index contributed by atoms with van der Waals surface area (Å²) < 4.78 is 28.5. The van der Waals surface area contributed by atoms with Gasteiger partial charge in [0.05, 0.1) is 4.90 Å². The lowest BCUT2D eigenvalue weighted by atomic mass is 9.99. The van der Waals surface area contributed by atoms with Gasteiger partial charge in [-0.1, -0.05) is 48.5 Å². The maximum absolute atomic E-state index is 12.9. The summed E-state index contributed by atoms with van der Waals surface area (Å²) in [5, 5.41) is 3.36. The van der Waals surface area contributed by atoms with Crippen LogP contribution in [0.2, 0.25) is 0 Å². The number of nitrogens with zero attached hydrogens (tertiary/aromatic N) is 2. The average molecular weight is 557 g/mol. The quantitative estimate of drug-likeness (QED) is 0.333. The van der Waals surface area contributed by atoms with Gasteiger partial charge in [0.1, 0.15) is 0 Å². The molecule has 0 amide bonds. The van der Waals surface area contributed by atoms with Gasteiger partial charge >= 0.3 is 0 Å². The average Bonchev–Trinajstić information content (AvgIpc) is 3.18. The zero-order chi connectivity index (χ0) is 21.8. The summed E-state index contributed by atoms with van der Waals surface area (Å²) in [5.74, 6) is 1.28. The third-order valence-corrected chi connectivity index (χ3v) is 6.97. The van der Waals surface area contributed by atoms with Crippen molar-refractivity contribution in [3.63, 3.8) is 0 Å². The molecule has 2 N–H and O–H groups in total. The molecule has 1 fully saturated rings. The third kappa shape index (κ3) is 6.92. The minimum absolute atomic E-state index is 0. The molecule has 1 unspecified atom stereocenters. The Bertz CT molecular complexity index is 988. The summed E-state index contributed by atoms with van der Waals surface area (Å²) in [5.41, 5.74) is 1.52. The van der Waals surface area contributed by atoms with E-state index < -0.39 is 15.6 Å². The molecule has 31 heavy (non-hydrogen) atoms. The largest absolute Gasteiger partial charge is 0.352 e. The Morgan fingerprint density at radius 3 is 2.39 bits per heavy atom. The number of halogens is 1. The molecule has 2 aromatic carbocycles. The molecule has 0 radical (unpaired) electrons. The molecule has 1 aliphatic heterocycles. The van der Waals surface area contributed by atoms with E-state index in [0.717, 1.165) is 25.5 Å². The van der Waals surface area contributed by atoms with Crippen LogP contribution in [0.15, 0.2) is 64.5 Å². The van der Waals surface area contributed by atoms with E-state index in [1.165, 1.54) is 5.56 Å². The van der Waals surface area contributed by atoms with Gasteiger partial charge in [-0.2, -0.15) is 0 Å². The van der Waals surface area contributed by atoms with Gasteiger partial charge in [-0.25, -0.2) is 13.1 Å². The molecular formula is C23H33IN4O2S. The summed E-state index contributed by atoms with van der Waals surface area (Å²) >= 11 is 0. The number of rotatable bonds is 5. The van der Waals surface area contributed by atoms with Crippen LogP contribution < -0.4 is 10.0 Å². The van der Waals surface area contributed by atoms with Crippen LogP contribution in [-0.4, -0.2) is 45.0 Å². The number of benzene rings is 2. The molecule has 2 aromatic rings. The molecule has 1 aliphatic rings. The predicted octanol–water partition coefficient (Wildman–Crippen LogP) is 3.95. The SMILES string of the molecule is CN=C(NCc1ccccc1S(=O)(=O)NC(C)(C)C)N1CCC(c2ccccc2)C1.I. The zero-order valence-electron chi connectivity index (χ0n) is 18.6. The monoisotopic (exact) mass is 556 g/mol. The minimum Gasteiger partial charge on any atom is -0.352 e. The Hall–Kier alpha value is -1.65. The van der Waals surface area contributed by atoms with Crippen molar-refractivity contribution < 1.29 is 8.42 Å². The fraction of sp³-hybridized carbons (Fsp3) is 0.435. The summed E-state index contributed by atoms with van der Waals surface area (Å²) in [6.07, 6.45) is 1.07. The van der Waals surface area contributed by atoms with Crippen molar-refractivity contribution in [1.82, 2.24) is 14.9 Å². The molecule has 0 aromatic heterocycles. The van der Waals surface area contributed by atoms with Crippen molar-refractivity contribution in [1.29, 1.82) is 0 Å². The zero-order valence-corrected chi connectivity index (χ0v) is 21.8. The lowest BCUT2D eigenvalue weighted by Gasteiger charge is -2.24. The Balaban J connectivity index is 0.00000341. The van der Waals surface area contributed by atoms with E-state index in [9.17, 15) is 8.42 Å². The van der Waals surface area contributed by atoms with Gasteiger partial charge in [0, 0.05) is 38.1 Å². The highest BCUT2D eigenvalue weighted by atomic mass is 127. The number of hydrogen-bond acceptors (Lipinski definition) is 3. The molecule has 6 nitrogen and oxygen atoms in total. The second-order valence-corrected chi connectivity index (χ2v) is 10.4. The van der Waals surface area contributed by atoms with Gasteiger partial charge in [-0.05, 0) is 44.4 Å². The van der Waals surface area contributed by atoms with E-state index in [4.69, 9.17) is 0 Å². The van der Waals surface area contributed by atoms with Crippen LogP contribution >= 0.6 is 24.0 Å². The highest BCUT2D eigenvalue weighted by molar-refractivity contribution is 14.0. The normalized spacial score (nSPS) is 17.4. The Labute approximate surface area is 203 Å². The topological polar surface area (TPSA) is 73.8 Å².